The summed E-state index contributed by atoms with van der Waals surface area (Å²) in [5, 5.41) is 0. The number of piperazine rings is 1. The molecule has 6 nitrogen and oxygen atoms in total. The number of hydrogen-bond acceptors (Lipinski definition) is 6. The van der Waals surface area contributed by atoms with Crippen LogP contribution >= 0.6 is 22.6 Å². The fraction of sp³-hybridized carbons (Fsp3) is 0.674. The van der Waals surface area contributed by atoms with Gasteiger partial charge in [-0.1, -0.05) is 64.3 Å². The number of carbonyl (C=O) groups excluding carboxylic acids is 2. The summed E-state index contributed by atoms with van der Waals surface area (Å²) in [6.07, 6.45) is 28.3. The molecule has 0 aromatic heterocycles. The summed E-state index contributed by atoms with van der Waals surface area (Å²) >= 11 is 2.37. The third kappa shape index (κ3) is 18.0. The van der Waals surface area contributed by atoms with Gasteiger partial charge in [0, 0.05) is 39.3 Å². The summed E-state index contributed by atoms with van der Waals surface area (Å²) in [5.41, 5.74) is 7.31. The maximum absolute atomic E-state index is 12.7. The van der Waals surface area contributed by atoms with E-state index in [4.69, 9.17) is 9.47 Å². The highest BCUT2D eigenvalue weighted by atomic mass is 127. The molecule has 0 N–H and O–H groups in total. The second-order valence-electron chi connectivity index (χ2n) is 15.0. The van der Waals surface area contributed by atoms with Gasteiger partial charge in [0.05, 0.1) is 11.8 Å². The van der Waals surface area contributed by atoms with Crippen molar-refractivity contribution in [2.24, 2.45) is 11.8 Å². The Morgan fingerprint density at radius 2 is 1.12 bits per heavy atom. The first-order chi connectivity index (χ1) is 24.1. The fourth-order valence-corrected chi connectivity index (χ4v) is 7.29. The quantitative estimate of drug-likeness (QED) is 0.0694. The molecule has 1 heterocycles. The number of allylic oxidation sites excluding steroid dienone is 12. The van der Waals surface area contributed by atoms with E-state index in [0.717, 1.165) is 129 Å². The van der Waals surface area contributed by atoms with Gasteiger partial charge in [0.1, 0.15) is 13.2 Å². The van der Waals surface area contributed by atoms with E-state index in [9.17, 15) is 9.59 Å². The number of carbonyl (C=O) groups is 2. The minimum Gasteiger partial charge on any atom is -0.464 e. The van der Waals surface area contributed by atoms with Gasteiger partial charge in [-0.3, -0.25) is 19.4 Å². The number of esters is 2. The lowest BCUT2D eigenvalue weighted by Gasteiger charge is -2.34. The molecule has 1 aliphatic heterocycles. The zero-order valence-corrected chi connectivity index (χ0v) is 34.2. The molecule has 1 saturated heterocycles. The third-order valence-electron chi connectivity index (χ3n) is 10.4. The van der Waals surface area contributed by atoms with E-state index < -0.39 is 0 Å². The Balaban J connectivity index is 1.20. The maximum Gasteiger partial charge on any atom is 0.309 e. The summed E-state index contributed by atoms with van der Waals surface area (Å²) in [6, 6.07) is 0. The molecular formula is C43H67IN2O4. The Bertz CT molecular complexity index is 1150. The standard InChI is InChI=1S/C43H67IN2O4/c1-34(2)10-6-11-35(3)13-8-16-38-18-22-40(23-19-38)42(47)49-32-30-45-26-28-46(29-27-45)31-33-50-43(48)41-24-20-39(21-25-41)17-9-14-36(4)12-7-15-37(5)44/h10,13-15,18,20,40-41H,6-9,11-12,16-17,19,21-33H2,1-5H3/b35-13+,36-14+,37-15+. The Kier molecular flexibility index (Phi) is 20.6. The van der Waals surface area contributed by atoms with Gasteiger partial charge in [0.15, 0.2) is 0 Å². The van der Waals surface area contributed by atoms with Gasteiger partial charge in [-0.05, 0) is 151 Å². The Morgan fingerprint density at radius 1 is 0.680 bits per heavy atom. The summed E-state index contributed by atoms with van der Waals surface area (Å²) in [6.45, 7) is 17.2. The SMILES string of the molecule is CC(C)=CCC/C(C)=C/CCC1=CCC(C(=O)OCCN2CCN(CCOC(=O)C3CC=C(CC/C=C(\C)CC/C=C(\C)I)CC3)CC2)CC1. The molecule has 1 fully saturated rings. The first-order valence-electron chi connectivity index (χ1n) is 19.5. The van der Waals surface area contributed by atoms with Gasteiger partial charge in [-0.25, -0.2) is 0 Å². The summed E-state index contributed by atoms with van der Waals surface area (Å²) in [4.78, 5) is 30.2. The largest absolute Gasteiger partial charge is 0.464 e. The maximum atomic E-state index is 12.7. The first-order valence-corrected chi connectivity index (χ1v) is 20.6. The van der Waals surface area contributed by atoms with Crippen LogP contribution in [-0.4, -0.2) is 74.2 Å². The highest BCUT2D eigenvalue weighted by molar-refractivity contribution is 14.1. The second-order valence-corrected chi connectivity index (χ2v) is 16.7. The zero-order valence-electron chi connectivity index (χ0n) is 32.1. The van der Waals surface area contributed by atoms with Crippen LogP contribution in [0.4, 0.5) is 0 Å². The van der Waals surface area contributed by atoms with E-state index in [1.807, 2.05) is 0 Å². The topological polar surface area (TPSA) is 59.1 Å². The van der Waals surface area contributed by atoms with Crippen LogP contribution in [0.2, 0.25) is 0 Å². The minimum atomic E-state index is -0.0340. The van der Waals surface area contributed by atoms with Crippen molar-refractivity contribution in [1.29, 1.82) is 0 Å². The van der Waals surface area contributed by atoms with Crippen molar-refractivity contribution < 1.29 is 19.1 Å². The highest BCUT2D eigenvalue weighted by Gasteiger charge is 2.25. The molecule has 280 valence electrons. The van der Waals surface area contributed by atoms with Gasteiger partial charge < -0.3 is 9.47 Å². The Labute approximate surface area is 318 Å². The average Bonchev–Trinajstić information content (AvgIpc) is 3.09. The average molecular weight is 803 g/mol. The third-order valence-corrected chi connectivity index (χ3v) is 10.9. The number of hydrogen-bond donors (Lipinski definition) is 0. The molecule has 0 aromatic rings. The summed E-state index contributed by atoms with van der Waals surface area (Å²) in [5.74, 6) is -0.0579. The number of ether oxygens (including phenoxy) is 2. The molecule has 0 amide bonds. The minimum absolute atomic E-state index is 0.00458. The van der Waals surface area contributed by atoms with Gasteiger partial charge in [-0.2, -0.15) is 0 Å². The van der Waals surface area contributed by atoms with Crippen LogP contribution in [0.1, 0.15) is 125 Å². The lowest BCUT2D eigenvalue weighted by Crippen LogP contribution is -2.48. The lowest BCUT2D eigenvalue weighted by atomic mass is 9.87. The van der Waals surface area contributed by atoms with E-state index in [1.165, 1.54) is 31.4 Å². The second kappa shape index (κ2) is 24.3. The van der Waals surface area contributed by atoms with Crippen LogP contribution in [0.5, 0.6) is 0 Å². The smallest absolute Gasteiger partial charge is 0.309 e. The lowest BCUT2D eigenvalue weighted by molar-refractivity contribution is -0.150. The Hall–Kier alpha value is -1.97. The predicted octanol–water partition coefficient (Wildman–Crippen LogP) is 10.5. The molecule has 2 unspecified atom stereocenters. The van der Waals surface area contributed by atoms with E-state index in [-0.39, 0.29) is 23.8 Å². The highest BCUT2D eigenvalue weighted by Crippen LogP contribution is 2.29. The van der Waals surface area contributed by atoms with E-state index >= 15 is 0 Å². The van der Waals surface area contributed by atoms with Crippen LogP contribution in [0, 0.1) is 11.8 Å². The monoisotopic (exact) mass is 802 g/mol. The number of halogens is 1. The molecule has 7 heteroatoms. The molecule has 0 saturated carbocycles. The van der Waals surface area contributed by atoms with Gasteiger partial charge >= 0.3 is 11.9 Å². The Morgan fingerprint density at radius 3 is 1.50 bits per heavy atom. The number of nitrogens with zero attached hydrogens (tertiary/aromatic N) is 2. The van der Waals surface area contributed by atoms with Gasteiger partial charge in [-0.15, -0.1) is 0 Å². The van der Waals surface area contributed by atoms with Crippen molar-refractivity contribution in [3.63, 3.8) is 0 Å². The van der Waals surface area contributed by atoms with Crippen LogP contribution < -0.4 is 0 Å². The van der Waals surface area contributed by atoms with Crippen LogP contribution in [-0.2, 0) is 19.1 Å². The molecule has 3 rings (SSSR count). The van der Waals surface area contributed by atoms with Crippen molar-refractivity contribution in [2.45, 2.75) is 125 Å². The van der Waals surface area contributed by atoms with Gasteiger partial charge in [0.25, 0.3) is 0 Å². The molecule has 0 bridgehead atoms. The van der Waals surface area contributed by atoms with Crippen LogP contribution in [0.3, 0.4) is 0 Å². The molecule has 0 radical (unpaired) electrons. The van der Waals surface area contributed by atoms with Crippen molar-refractivity contribution in [3.8, 4) is 0 Å². The molecule has 2 aliphatic carbocycles. The summed E-state index contributed by atoms with van der Waals surface area (Å²) < 4.78 is 12.8. The van der Waals surface area contributed by atoms with E-state index in [1.54, 1.807) is 0 Å². The molecular weight excluding hydrogens is 735 g/mol. The molecule has 0 spiro atoms. The zero-order chi connectivity index (χ0) is 36.1. The van der Waals surface area contributed by atoms with Crippen molar-refractivity contribution >= 4 is 34.5 Å². The molecule has 50 heavy (non-hydrogen) atoms. The molecule has 0 aromatic carbocycles. The first kappa shape index (κ1) is 42.4. The number of rotatable bonds is 20. The van der Waals surface area contributed by atoms with Crippen LogP contribution in [0.15, 0.2) is 67.9 Å². The normalized spacial score (nSPS) is 21.4. The van der Waals surface area contributed by atoms with Crippen molar-refractivity contribution in [2.75, 3.05) is 52.5 Å². The van der Waals surface area contributed by atoms with Crippen LogP contribution in [0.25, 0.3) is 0 Å². The molecule has 2 atom stereocenters. The van der Waals surface area contributed by atoms with E-state index in [2.05, 4.69) is 103 Å². The van der Waals surface area contributed by atoms with Crippen molar-refractivity contribution in [1.82, 2.24) is 9.80 Å². The molecule has 3 aliphatic rings. The van der Waals surface area contributed by atoms with Crippen molar-refractivity contribution in [3.05, 3.63) is 67.9 Å². The predicted molar refractivity (Wildman–Crippen MR) is 217 cm³/mol. The van der Waals surface area contributed by atoms with E-state index in [0.29, 0.717) is 13.2 Å². The van der Waals surface area contributed by atoms with Gasteiger partial charge in [0.2, 0.25) is 0 Å². The summed E-state index contributed by atoms with van der Waals surface area (Å²) in [7, 11) is 0. The fourth-order valence-electron chi connectivity index (χ4n) is 6.98.